The number of rotatable bonds is 6. The van der Waals surface area contributed by atoms with E-state index in [0.717, 1.165) is 36.8 Å². The maximum atomic E-state index is 13.7. The molecule has 0 spiro atoms. The average Bonchev–Trinajstić information content (AvgIpc) is 2.95. The Labute approximate surface area is 259 Å². The van der Waals surface area contributed by atoms with Gasteiger partial charge in [0.25, 0.3) is 0 Å². The van der Waals surface area contributed by atoms with Crippen molar-refractivity contribution < 1.29 is 24.3 Å². The third kappa shape index (κ3) is 7.20. The fraction of sp³-hybridized carbons (Fsp3) is 0.407. The van der Waals surface area contributed by atoms with E-state index >= 15 is 0 Å². The zero-order valence-corrected chi connectivity index (χ0v) is 24.5. The van der Waals surface area contributed by atoms with Crippen LogP contribution in [0.3, 0.4) is 0 Å². The number of nitrogens with zero attached hydrogens (tertiary/aromatic N) is 1. The van der Waals surface area contributed by atoms with Gasteiger partial charge < -0.3 is 26.4 Å². The summed E-state index contributed by atoms with van der Waals surface area (Å²) in [5, 5.41) is 14.6. The summed E-state index contributed by atoms with van der Waals surface area (Å²) in [4.78, 5) is 51.2. The second-order valence-corrected chi connectivity index (χ2v) is 9.73. The van der Waals surface area contributed by atoms with Crippen LogP contribution in [0, 0.1) is 12.8 Å². The van der Waals surface area contributed by atoms with Gasteiger partial charge in [-0.1, -0.05) is 37.5 Å². The summed E-state index contributed by atoms with van der Waals surface area (Å²) in [5.41, 5.74) is 8.48. The Hall–Kier alpha value is -2.24. The van der Waals surface area contributed by atoms with Crippen LogP contribution in [0.5, 0.6) is 0 Å². The van der Waals surface area contributed by atoms with Crippen LogP contribution in [0.15, 0.2) is 42.5 Å². The van der Waals surface area contributed by atoms with Crippen LogP contribution < -0.4 is 21.3 Å². The molecule has 1 aliphatic carbocycles. The largest absolute Gasteiger partial charge is 0.478 e. The summed E-state index contributed by atoms with van der Waals surface area (Å²) in [7, 11) is 0. The van der Waals surface area contributed by atoms with Crippen LogP contribution in [-0.2, 0) is 9.59 Å². The molecule has 4 amide bonds. The number of hydrogen-bond donors (Lipinski definition) is 4. The number of urea groups is 1. The molecular weight excluding hydrogens is 499 g/mol. The van der Waals surface area contributed by atoms with E-state index in [2.05, 4.69) is 10.6 Å². The van der Waals surface area contributed by atoms with Gasteiger partial charge >= 0.3 is 12.0 Å². The molecule has 0 saturated heterocycles. The van der Waals surface area contributed by atoms with E-state index in [9.17, 15) is 24.3 Å². The van der Waals surface area contributed by atoms with E-state index in [0.29, 0.717) is 23.7 Å². The fourth-order valence-electron chi connectivity index (χ4n) is 5.47. The normalized spacial score (nSPS) is 19.7. The maximum absolute atomic E-state index is 13.7. The molecular formula is C27H32KN4O5. The number of aromatic carboxylic acids is 1. The standard InChI is InChI=1S/C27H32N4O5.K/c1-16-10-11-20-21(17-6-3-2-4-7-17)14-22(25(33)31(15-24(28)32)23(20)12-16)30-27(36)29-19-9-5-8-18(13-19)26(34)35;/h5,8-13,17,21-22H,2-4,6-7,14-15H2,1H3,(H2,28,32)(H,34,35)(H2,29,30,36);. The van der Waals surface area contributed by atoms with Crippen molar-refractivity contribution in [1.29, 1.82) is 0 Å². The molecule has 9 nitrogen and oxygen atoms in total. The summed E-state index contributed by atoms with van der Waals surface area (Å²) in [5.74, 6) is -1.75. The Morgan fingerprint density at radius 2 is 1.81 bits per heavy atom. The molecule has 1 saturated carbocycles. The predicted molar refractivity (Wildman–Crippen MR) is 142 cm³/mol. The quantitative estimate of drug-likeness (QED) is 0.423. The monoisotopic (exact) mass is 531 g/mol. The molecule has 1 heterocycles. The summed E-state index contributed by atoms with van der Waals surface area (Å²) in [6.07, 6.45) is 5.93. The van der Waals surface area contributed by atoms with E-state index < -0.39 is 29.9 Å². The van der Waals surface area contributed by atoms with Gasteiger partial charge in [0.15, 0.2) is 0 Å². The van der Waals surface area contributed by atoms with Crippen molar-refractivity contribution >= 4 is 86.6 Å². The van der Waals surface area contributed by atoms with Crippen molar-refractivity contribution in [2.75, 3.05) is 16.8 Å². The van der Waals surface area contributed by atoms with Gasteiger partial charge in [-0.05, 0) is 73.4 Å². The number of carboxylic acids is 1. The Balaban J connectivity index is 0.00000380. The van der Waals surface area contributed by atoms with Crippen molar-refractivity contribution in [2.45, 2.75) is 57.4 Å². The number of primary amides is 1. The first kappa shape index (κ1) is 29.3. The van der Waals surface area contributed by atoms with Crippen molar-refractivity contribution in [3.05, 3.63) is 59.2 Å². The molecule has 2 aromatic rings. The Kier molecular flexibility index (Phi) is 10.3. The molecule has 1 radical (unpaired) electrons. The van der Waals surface area contributed by atoms with E-state index in [1.165, 1.54) is 29.5 Å². The van der Waals surface area contributed by atoms with Crippen LogP contribution in [0.1, 0.15) is 65.9 Å². The minimum Gasteiger partial charge on any atom is -0.478 e. The number of nitrogens with one attached hydrogen (secondary N) is 2. The molecule has 0 aromatic heterocycles. The number of carbonyl (C=O) groups excluding carboxylic acids is 3. The van der Waals surface area contributed by atoms with Gasteiger partial charge in [0.1, 0.15) is 12.6 Å². The summed E-state index contributed by atoms with van der Waals surface area (Å²) in [6, 6.07) is 10.3. The second kappa shape index (κ2) is 13.0. The van der Waals surface area contributed by atoms with Gasteiger partial charge in [0.2, 0.25) is 11.8 Å². The van der Waals surface area contributed by atoms with Crippen molar-refractivity contribution in [2.24, 2.45) is 11.7 Å². The van der Waals surface area contributed by atoms with E-state index in [1.807, 2.05) is 25.1 Å². The summed E-state index contributed by atoms with van der Waals surface area (Å²) >= 11 is 0. The van der Waals surface area contributed by atoms with Gasteiger partial charge in [-0.15, -0.1) is 0 Å². The number of anilines is 2. The number of benzene rings is 2. The zero-order valence-electron chi connectivity index (χ0n) is 21.3. The maximum Gasteiger partial charge on any atom is 0.335 e. The second-order valence-electron chi connectivity index (χ2n) is 9.73. The van der Waals surface area contributed by atoms with Gasteiger partial charge in [-0.2, -0.15) is 0 Å². The Bertz CT molecular complexity index is 1180. The van der Waals surface area contributed by atoms with Crippen LogP contribution in [0.2, 0.25) is 0 Å². The third-order valence-electron chi connectivity index (χ3n) is 7.14. The molecule has 2 unspecified atom stereocenters. The minimum atomic E-state index is -1.11. The topological polar surface area (TPSA) is 142 Å². The minimum absolute atomic E-state index is 0. The number of fused-ring (bicyclic) bond motifs is 1. The van der Waals surface area contributed by atoms with Crippen LogP contribution in [0.25, 0.3) is 0 Å². The van der Waals surface area contributed by atoms with Crippen LogP contribution >= 0.6 is 0 Å². The van der Waals surface area contributed by atoms with Gasteiger partial charge in [-0.25, -0.2) is 9.59 Å². The SMILES string of the molecule is Cc1ccc2c(c1)N(CC(N)=O)C(=O)C(NC(=O)Nc1cccc(C(=O)O)c1)CC2C1CCCCC1.[K]. The zero-order chi connectivity index (χ0) is 25.8. The number of aryl methyl sites for hydroxylation is 1. The average molecular weight is 532 g/mol. The van der Waals surface area contributed by atoms with Crippen LogP contribution in [0.4, 0.5) is 16.2 Å². The van der Waals surface area contributed by atoms with Crippen molar-refractivity contribution in [1.82, 2.24) is 5.32 Å². The van der Waals surface area contributed by atoms with E-state index in [1.54, 1.807) is 6.07 Å². The first-order chi connectivity index (χ1) is 17.2. The molecule has 1 fully saturated rings. The Morgan fingerprint density at radius 3 is 2.49 bits per heavy atom. The summed E-state index contributed by atoms with van der Waals surface area (Å²) < 4.78 is 0. The molecule has 2 atom stereocenters. The number of hydrogen-bond acceptors (Lipinski definition) is 4. The fourth-order valence-corrected chi connectivity index (χ4v) is 5.47. The third-order valence-corrected chi connectivity index (χ3v) is 7.14. The number of carbonyl (C=O) groups is 4. The molecule has 0 bridgehead atoms. The number of amides is 4. The molecule has 5 N–H and O–H groups in total. The Morgan fingerprint density at radius 1 is 1.08 bits per heavy atom. The molecule has 10 heteroatoms. The van der Waals surface area contributed by atoms with E-state index in [4.69, 9.17) is 5.73 Å². The number of nitrogens with two attached hydrogens (primary N) is 1. The number of carboxylic acid groups (broad SMARTS) is 1. The molecule has 2 aliphatic rings. The molecule has 1 aliphatic heterocycles. The molecule has 37 heavy (non-hydrogen) atoms. The van der Waals surface area contributed by atoms with E-state index in [-0.39, 0.29) is 69.4 Å². The smallest absolute Gasteiger partial charge is 0.335 e. The first-order valence-corrected chi connectivity index (χ1v) is 12.3. The predicted octanol–water partition coefficient (Wildman–Crippen LogP) is 3.39. The summed E-state index contributed by atoms with van der Waals surface area (Å²) in [6.45, 7) is 1.65. The first-order valence-electron chi connectivity index (χ1n) is 12.3. The molecule has 191 valence electrons. The van der Waals surface area contributed by atoms with Gasteiger partial charge in [0.05, 0.1) is 5.56 Å². The van der Waals surface area contributed by atoms with Gasteiger partial charge in [-0.3, -0.25) is 9.59 Å². The molecule has 2 aromatic carbocycles. The van der Waals surface area contributed by atoms with Crippen molar-refractivity contribution in [3.8, 4) is 0 Å². The van der Waals surface area contributed by atoms with Gasteiger partial charge in [0, 0.05) is 62.8 Å². The van der Waals surface area contributed by atoms with Crippen LogP contribution in [-0.4, -0.2) is 92.9 Å². The molecule has 4 rings (SSSR count). The van der Waals surface area contributed by atoms with Crippen molar-refractivity contribution in [3.63, 3.8) is 0 Å².